The zero-order chi connectivity index (χ0) is 14.4. The fraction of sp³-hybridized carbons (Fsp3) is 0.562. The van der Waals surface area contributed by atoms with E-state index in [0.29, 0.717) is 17.9 Å². The standard InChI is InChI=1S/C16H23NO3/c1-2-20-14-9-5-4-8-13(14)15(19)17-16(12-18)10-6-3-7-11-16/h4-5,8-9,18H,2-3,6-7,10-12H2,1H3,(H,17,19). The zero-order valence-electron chi connectivity index (χ0n) is 12.0. The molecular weight excluding hydrogens is 254 g/mol. The van der Waals surface area contributed by atoms with E-state index in [4.69, 9.17) is 4.74 Å². The number of aliphatic hydroxyl groups excluding tert-OH is 1. The van der Waals surface area contributed by atoms with Gasteiger partial charge in [-0.2, -0.15) is 0 Å². The Morgan fingerprint density at radius 2 is 2.00 bits per heavy atom. The molecule has 1 aromatic carbocycles. The van der Waals surface area contributed by atoms with Crippen LogP contribution in [-0.2, 0) is 0 Å². The van der Waals surface area contributed by atoms with Gasteiger partial charge in [0.15, 0.2) is 0 Å². The first-order valence-electron chi connectivity index (χ1n) is 7.36. The minimum Gasteiger partial charge on any atom is -0.493 e. The molecule has 1 aromatic rings. The molecule has 110 valence electrons. The second-order valence-electron chi connectivity index (χ2n) is 5.38. The number of ether oxygens (including phenoxy) is 1. The largest absolute Gasteiger partial charge is 0.493 e. The average Bonchev–Trinajstić information content (AvgIpc) is 2.49. The minimum atomic E-state index is -0.464. The van der Waals surface area contributed by atoms with E-state index in [9.17, 15) is 9.90 Å². The van der Waals surface area contributed by atoms with Gasteiger partial charge in [0.2, 0.25) is 0 Å². The van der Waals surface area contributed by atoms with E-state index < -0.39 is 5.54 Å². The van der Waals surface area contributed by atoms with Crippen LogP contribution in [0.15, 0.2) is 24.3 Å². The van der Waals surface area contributed by atoms with E-state index >= 15 is 0 Å². The topological polar surface area (TPSA) is 58.6 Å². The van der Waals surface area contributed by atoms with E-state index in [1.807, 2.05) is 19.1 Å². The van der Waals surface area contributed by atoms with E-state index in [0.717, 1.165) is 25.7 Å². The van der Waals surface area contributed by atoms with E-state index in [1.54, 1.807) is 12.1 Å². The zero-order valence-corrected chi connectivity index (χ0v) is 12.0. The first kappa shape index (κ1) is 14.9. The number of aliphatic hydroxyl groups is 1. The van der Waals surface area contributed by atoms with Crippen molar-refractivity contribution >= 4 is 5.91 Å². The minimum absolute atomic E-state index is 0.00442. The van der Waals surface area contributed by atoms with Crippen molar-refractivity contribution in [2.24, 2.45) is 0 Å². The molecule has 0 heterocycles. The van der Waals surface area contributed by atoms with Crippen LogP contribution in [0.4, 0.5) is 0 Å². The van der Waals surface area contributed by atoms with Gasteiger partial charge < -0.3 is 15.2 Å². The van der Waals surface area contributed by atoms with E-state index in [-0.39, 0.29) is 12.5 Å². The van der Waals surface area contributed by atoms with Crippen molar-refractivity contribution in [3.63, 3.8) is 0 Å². The van der Waals surface area contributed by atoms with E-state index in [2.05, 4.69) is 5.32 Å². The smallest absolute Gasteiger partial charge is 0.255 e. The monoisotopic (exact) mass is 277 g/mol. The van der Waals surface area contributed by atoms with Crippen molar-refractivity contribution in [1.82, 2.24) is 5.32 Å². The van der Waals surface area contributed by atoms with Gasteiger partial charge >= 0.3 is 0 Å². The normalized spacial score (nSPS) is 17.5. The fourth-order valence-corrected chi connectivity index (χ4v) is 2.79. The summed E-state index contributed by atoms with van der Waals surface area (Å²) in [6.07, 6.45) is 4.95. The van der Waals surface area contributed by atoms with Crippen LogP contribution in [0.3, 0.4) is 0 Å². The van der Waals surface area contributed by atoms with Crippen LogP contribution in [0, 0.1) is 0 Å². The first-order valence-corrected chi connectivity index (χ1v) is 7.36. The van der Waals surface area contributed by atoms with Gasteiger partial charge in [0.05, 0.1) is 24.3 Å². The summed E-state index contributed by atoms with van der Waals surface area (Å²) in [5.74, 6) is 0.432. The van der Waals surface area contributed by atoms with Gasteiger partial charge in [-0.1, -0.05) is 31.4 Å². The van der Waals surface area contributed by atoms with E-state index in [1.165, 1.54) is 6.42 Å². The number of amides is 1. The quantitative estimate of drug-likeness (QED) is 0.869. The Kier molecular flexibility index (Phi) is 5.01. The van der Waals surface area contributed by atoms with Crippen LogP contribution in [0.1, 0.15) is 49.4 Å². The summed E-state index contributed by atoms with van der Waals surface area (Å²) < 4.78 is 5.49. The number of hydrogen-bond acceptors (Lipinski definition) is 3. The van der Waals surface area contributed by atoms with Gasteiger partial charge in [-0.3, -0.25) is 4.79 Å². The highest BCUT2D eigenvalue weighted by Crippen LogP contribution is 2.29. The van der Waals surface area contributed by atoms with Crippen LogP contribution in [0.2, 0.25) is 0 Å². The van der Waals surface area contributed by atoms with Crippen molar-refractivity contribution in [3.05, 3.63) is 29.8 Å². The SMILES string of the molecule is CCOc1ccccc1C(=O)NC1(CO)CCCCC1. The van der Waals surface area contributed by atoms with Crippen LogP contribution < -0.4 is 10.1 Å². The molecule has 0 aromatic heterocycles. The fourth-order valence-electron chi connectivity index (χ4n) is 2.79. The van der Waals surface area contributed by atoms with Crippen molar-refractivity contribution in [2.75, 3.05) is 13.2 Å². The number of hydrogen-bond donors (Lipinski definition) is 2. The lowest BCUT2D eigenvalue weighted by Crippen LogP contribution is -2.52. The molecule has 1 saturated carbocycles. The molecule has 0 spiro atoms. The predicted molar refractivity (Wildman–Crippen MR) is 78.0 cm³/mol. The van der Waals surface area contributed by atoms with Crippen molar-refractivity contribution in [1.29, 1.82) is 0 Å². The van der Waals surface area contributed by atoms with Gasteiger partial charge in [-0.05, 0) is 31.9 Å². The lowest BCUT2D eigenvalue weighted by Gasteiger charge is -2.36. The lowest BCUT2D eigenvalue weighted by atomic mass is 9.82. The van der Waals surface area contributed by atoms with Crippen LogP contribution in [0.5, 0.6) is 5.75 Å². The molecule has 0 radical (unpaired) electrons. The van der Waals surface area contributed by atoms with Gasteiger partial charge in [0.1, 0.15) is 5.75 Å². The third-order valence-corrected chi connectivity index (χ3v) is 3.92. The van der Waals surface area contributed by atoms with Crippen molar-refractivity contribution in [2.45, 2.75) is 44.6 Å². The number of benzene rings is 1. The molecular formula is C16H23NO3. The Morgan fingerprint density at radius 1 is 1.30 bits per heavy atom. The van der Waals surface area contributed by atoms with Gasteiger partial charge in [0.25, 0.3) is 5.91 Å². The summed E-state index contributed by atoms with van der Waals surface area (Å²) >= 11 is 0. The van der Waals surface area contributed by atoms with Crippen LogP contribution >= 0.6 is 0 Å². The number of rotatable bonds is 5. The third kappa shape index (κ3) is 3.31. The number of nitrogens with one attached hydrogen (secondary N) is 1. The highest BCUT2D eigenvalue weighted by Gasteiger charge is 2.33. The van der Waals surface area contributed by atoms with Crippen LogP contribution in [0.25, 0.3) is 0 Å². The molecule has 1 aliphatic rings. The Balaban J connectivity index is 2.14. The molecule has 0 saturated heterocycles. The molecule has 2 rings (SSSR count). The number of carbonyl (C=O) groups excluding carboxylic acids is 1. The Morgan fingerprint density at radius 3 is 2.65 bits per heavy atom. The molecule has 0 bridgehead atoms. The highest BCUT2D eigenvalue weighted by atomic mass is 16.5. The van der Waals surface area contributed by atoms with Crippen molar-refractivity contribution in [3.8, 4) is 5.75 Å². The third-order valence-electron chi connectivity index (χ3n) is 3.92. The molecule has 4 nitrogen and oxygen atoms in total. The van der Waals surface area contributed by atoms with Gasteiger partial charge in [-0.15, -0.1) is 0 Å². The second-order valence-corrected chi connectivity index (χ2v) is 5.38. The molecule has 1 fully saturated rings. The summed E-state index contributed by atoms with van der Waals surface area (Å²) in [5, 5.41) is 12.7. The van der Waals surface area contributed by atoms with Gasteiger partial charge in [-0.25, -0.2) is 0 Å². The van der Waals surface area contributed by atoms with Gasteiger partial charge in [0, 0.05) is 0 Å². The maximum absolute atomic E-state index is 12.5. The molecule has 4 heteroatoms. The summed E-state index contributed by atoms with van der Waals surface area (Å²) in [6.45, 7) is 2.41. The molecule has 20 heavy (non-hydrogen) atoms. The number of para-hydroxylation sites is 1. The lowest BCUT2D eigenvalue weighted by molar-refractivity contribution is 0.0755. The molecule has 1 amide bonds. The van der Waals surface area contributed by atoms with Crippen molar-refractivity contribution < 1.29 is 14.6 Å². The Hall–Kier alpha value is -1.55. The van der Waals surface area contributed by atoms with Crippen LogP contribution in [-0.4, -0.2) is 29.8 Å². The molecule has 2 N–H and O–H groups in total. The maximum Gasteiger partial charge on any atom is 0.255 e. The Bertz CT molecular complexity index is 453. The number of carbonyl (C=O) groups is 1. The first-order chi connectivity index (χ1) is 9.71. The second kappa shape index (κ2) is 6.75. The summed E-state index contributed by atoms with van der Waals surface area (Å²) in [4.78, 5) is 12.5. The predicted octanol–water partition coefficient (Wildman–Crippen LogP) is 2.51. The average molecular weight is 277 g/mol. The molecule has 1 aliphatic carbocycles. The molecule has 0 atom stereocenters. The summed E-state index contributed by atoms with van der Waals surface area (Å²) in [7, 11) is 0. The Labute approximate surface area is 120 Å². The highest BCUT2D eigenvalue weighted by molar-refractivity contribution is 5.97. The maximum atomic E-state index is 12.5. The summed E-state index contributed by atoms with van der Waals surface area (Å²) in [5.41, 5.74) is 0.0713. The summed E-state index contributed by atoms with van der Waals surface area (Å²) in [6, 6.07) is 7.23. The molecule has 0 unspecified atom stereocenters. The molecule has 0 aliphatic heterocycles.